The SMILES string of the molecule is CSC1(CNc2nc(NN)ncc2C)CCCCC1. The van der Waals surface area contributed by atoms with Gasteiger partial charge in [-0.1, -0.05) is 19.3 Å². The fourth-order valence-corrected chi connectivity index (χ4v) is 3.50. The number of thioether (sulfide) groups is 1. The molecule has 1 aromatic rings. The van der Waals surface area contributed by atoms with Crippen molar-refractivity contribution in [3.8, 4) is 0 Å². The lowest BCUT2D eigenvalue weighted by atomic mass is 9.88. The highest BCUT2D eigenvalue weighted by atomic mass is 32.2. The predicted octanol–water partition coefficient (Wildman–Crippen LogP) is 2.55. The molecule has 0 saturated heterocycles. The summed E-state index contributed by atoms with van der Waals surface area (Å²) in [5.41, 5.74) is 3.54. The average molecular weight is 281 g/mol. The van der Waals surface area contributed by atoms with Crippen molar-refractivity contribution in [1.29, 1.82) is 0 Å². The van der Waals surface area contributed by atoms with Crippen molar-refractivity contribution in [3.05, 3.63) is 11.8 Å². The Morgan fingerprint density at radius 2 is 2.11 bits per heavy atom. The van der Waals surface area contributed by atoms with Gasteiger partial charge in [0.1, 0.15) is 5.82 Å². The second kappa shape index (κ2) is 6.43. The van der Waals surface area contributed by atoms with Gasteiger partial charge in [-0.2, -0.15) is 16.7 Å². The molecule has 1 aliphatic rings. The third-order valence-corrected chi connectivity index (χ3v) is 5.30. The van der Waals surface area contributed by atoms with Crippen molar-refractivity contribution in [2.24, 2.45) is 5.84 Å². The van der Waals surface area contributed by atoms with Gasteiger partial charge in [-0.05, 0) is 26.0 Å². The molecule has 0 bridgehead atoms. The fourth-order valence-electron chi connectivity index (χ4n) is 2.58. The van der Waals surface area contributed by atoms with Crippen molar-refractivity contribution in [1.82, 2.24) is 9.97 Å². The van der Waals surface area contributed by atoms with Crippen LogP contribution >= 0.6 is 11.8 Å². The van der Waals surface area contributed by atoms with Crippen LogP contribution in [0.15, 0.2) is 6.20 Å². The lowest BCUT2D eigenvalue weighted by Crippen LogP contribution is -2.36. The molecular weight excluding hydrogens is 258 g/mol. The molecule has 1 aromatic heterocycles. The number of nitrogens with two attached hydrogens (primary N) is 1. The number of aromatic nitrogens is 2. The molecule has 0 aromatic carbocycles. The standard InChI is InChI=1S/C13H23N5S/c1-10-8-15-12(18-14)17-11(10)16-9-13(19-2)6-4-3-5-7-13/h8H,3-7,9,14H2,1-2H3,(H2,15,16,17,18). The summed E-state index contributed by atoms with van der Waals surface area (Å²) in [6.45, 7) is 2.96. The van der Waals surface area contributed by atoms with E-state index in [4.69, 9.17) is 5.84 Å². The van der Waals surface area contributed by atoms with Crippen LogP contribution < -0.4 is 16.6 Å². The normalized spacial score (nSPS) is 18.1. The van der Waals surface area contributed by atoms with Crippen LogP contribution in [0.25, 0.3) is 0 Å². The highest BCUT2D eigenvalue weighted by Gasteiger charge is 2.31. The summed E-state index contributed by atoms with van der Waals surface area (Å²) in [4.78, 5) is 8.47. The molecule has 5 nitrogen and oxygen atoms in total. The molecule has 19 heavy (non-hydrogen) atoms. The van der Waals surface area contributed by atoms with E-state index in [0.717, 1.165) is 17.9 Å². The second-order valence-corrected chi connectivity index (χ2v) is 6.45. The number of aryl methyl sites for hydroxylation is 1. The van der Waals surface area contributed by atoms with Crippen LogP contribution in [0.2, 0.25) is 0 Å². The van der Waals surface area contributed by atoms with E-state index in [-0.39, 0.29) is 0 Å². The fraction of sp³-hybridized carbons (Fsp3) is 0.692. The quantitative estimate of drug-likeness (QED) is 0.569. The number of anilines is 2. The zero-order chi connectivity index (χ0) is 13.7. The van der Waals surface area contributed by atoms with Crippen LogP contribution in [0.3, 0.4) is 0 Å². The molecule has 1 heterocycles. The third kappa shape index (κ3) is 3.51. The highest BCUT2D eigenvalue weighted by molar-refractivity contribution is 8.00. The Bertz CT molecular complexity index is 417. The van der Waals surface area contributed by atoms with E-state index in [1.165, 1.54) is 32.1 Å². The molecule has 0 unspecified atom stereocenters. The summed E-state index contributed by atoms with van der Waals surface area (Å²) >= 11 is 1.98. The molecule has 0 spiro atoms. The number of hydrogen-bond acceptors (Lipinski definition) is 6. The van der Waals surface area contributed by atoms with Crippen molar-refractivity contribution < 1.29 is 0 Å². The van der Waals surface area contributed by atoms with Gasteiger partial charge in [-0.3, -0.25) is 5.43 Å². The Morgan fingerprint density at radius 1 is 1.37 bits per heavy atom. The largest absolute Gasteiger partial charge is 0.368 e. The van der Waals surface area contributed by atoms with Crippen molar-refractivity contribution >= 4 is 23.5 Å². The lowest BCUT2D eigenvalue weighted by Gasteiger charge is -2.36. The molecule has 1 saturated carbocycles. The van der Waals surface area contributed by atoms with E-state index in [9.17, 15) is 0 Å². The zero-order valence-corrected chi connectivity index (χ0v) is 12.5. The van der Waals surface area contributed by atoms with Gasteiger partial charge in [-0.25, -0.2) is 10.8 Å². The molecule has 6 heteroatoms. The van der Waals surface area contributed by atoms with Gasteiger partial charge in [-0.15, -0.1) is 0 Å². The summed E-state index contributed by atoms with van der Waals surface area (Å²) < 4.78 is 0.353. The van der Waals surface area contributed by atoms with Crippen molar-refractivity contribution in [3.63, 3.8) is 0 Å². The van der Waals surface area contributed by atoms with Gasteiger partial charge >= 0.3 is 0 Å². The van der Waals surface area contributed by atoms with E-state index in [2.05, 4.69) is 27.0 Å². The molecule has 4 N–H and O–H groups in total. The summed E-state index contributed by atoms with van der Waals surface area (Å²) in [6.07, 6.45) is 10.6. The van der Waals surface area contributed by atoms with Crippen molar-refractivity contribution in [2.45, 2.75) is 43.8 Å². The van der Waals surface area contributed by atoms with Crippen LogP contribution in [-0.2, 0) is 0 Å². The van der Waals surface area contributed by atoms with E-state index in [1.807, 2.05) is 18.7 Å². The minimum absolute atomic E-state index is 0.353. The Morgan fingerprint density at radius 3 is 2.74 bits per heavy atom. The van der Waals surface area contributed by atoms with Crippen molar-refractivity contribution in [2.75, 3.05) is 23.5 Å². The maximum atomic E-state index is 5.35. The Hall–Kier alpha value is -1.01. The second-order valence-electron chi connectivity index (χ2n) is 5.17. The summed E-state index contributed by atoms with van der Waals surface area (Å²) in [5, 5.41) is 3.48. The first kappa shape index (κ1) is 14.4. The highest BCUT2D eigenvalue weighted by Crippen LogP contribution is 2.38. The van der Waals surface area contributed by atoms with Gasteiger partial charge < -0.3 is 5.32 Å². The maximum Gasteiger partial charge on any atom is 0.239 e. The van der Waals surface area contributed by atoms with Crippen LogP contribution in [0.4, 0.5) is 11.8 Å². The smallest absolute Gasteiger partial charge is 0.239 e. The molecule has 0 atom stereocenters. The summed E-state index contributed by atoms with van der Waals surface area (Å²) in [6, 6.07) is 0. The number of nitrogens with one attached hydrogen (secondary N) is 2. The molecule has 0 radical (unpaired) electrons. The molecule has 2 rings (SSSR count). The third-order valence-electron chi connectivity index (χ3n) is 3.88. The number of rotatable bonds is 5. The first-order chi connectivity index (χ1) is 9.19. The number of hydrazine groups is 1. The van der Waals surface area contributed by atoms with E-state index >= 15 is 0 Å². The summed E-state index contributed by atoms with van der Waals surface area (Å²) in [7, 11) is 0. The summed E-state index contributed by atoms with van der Waals surface area (Å²) in [5.74, 6) is 6.68. The maximum absolute atomic E-state index is 5.35. The number of nitrogen functional groups attached to an aromatic ring is 1. The minimum Gasteiger partial charge on any atom is -0.368 e. The van der Waals surface area contributed by atoms with Crippen LogP contribution in [0.5, 0.6) is 0 Å². The Balaban J connectivity index is 2.04. The van der Waals surface area contributed by atoms with Crippen LogP contribution in [0, 0.1) is 6.92 Å². The Kier molecular flexibility index (Phi) is 4.87. The number of nitrogens with zero attached hydrogens (tertiary/aromatic N) is 2. The van der Waals surface area contributed by atoms with Gasteiger partial charge in [0, 0.05) is 23.1 Å². The van der Waals surface area contributed by atoms with Gasteiger partial charge in [0.15, 0.2) is 0 Å². The monoisotopic (exact) mass is 281 g/mol. The van der Waals surface area contributed by atoms with Gasteiger partial charge in [0.05, 0.1) is 0 Å². The molecule has 0 amide bonds. The Labute approximate surface area is 119 Å². The van der Waals surface area contributed by atoms with E-state index in [1.54, 1.807) is 6.20 Å². The zero-order valence-electron chi connectivity index (χ0n) is 11.7. The van der Waals surface area contributed by atoms with Gasteiger partial charge in [0.25, 0.3) is 0 Å². The number of hydrogen-bond donors (Lipinski definition) is 3. The van der Waals surface area contributed by atoms with E-state index < -0.39 is 0 Å². The molecule has 1 aliphatic carbocycles. The molecule has 0 aliphatic heterocycles. The van der Waals surface area contributed by atoms with E-state index in [0.29, 0.717) is 10.7 Å². The predicted molar refractivity (Wildman–Crippen MR) is 82.4 cm³/mol. The molecule has 106 valence electrons. The first-order valence-electron chi connectivity index (χ1n) is 6.78. The molecular formula is C13H23N5S. The first-order valence-corrected chi connectivity index (χ1v) is 8.01. The van der Waals surface area contributed by atoms with Crippen LogP contribution in [-0.4, -0.2) is 27.5 Å². The van der Waals surface area contributed by atoms with Gasteiger partial charge in [0.2, 0.25) is 5.95 Å². The molecule has 1 fully saturated rings. The topological polar surface area (TPSA) is 75.9 Å². The average Bonchev–Trinajstić information content (AvgIpc) is 2.47. The minimum atomic E-state index is 0.353. The lowest BCUT2D eigenvalue weighted by molar-refractivity contribution is 0.411. The van der Waals surface area contributed by atoms with Crippen LogP contribution in [0.1, 0.15) is 37.7 Å².